The van der Waals surface area contributed by atoms with E-state index in [-0.39, 0.29) is 11.9 Å². The Bertz CT molecular complexity index is 777. The molecule has 0 unspecified atom stereocenters. The van der Waals surface area contributed by atoms with Crippen molar-refractivity contribution in [3.8, 4) is 0 Å². The van der Waals surface area contributed by atoms with Crippen molar-refractivity contribution < 1.29 is 4.79 Å². The van der Waals surface area contributed by atoms with Gasteiger partial charge in [-0.15, -0.1) is 11.3 Å². The molecular formula is C18H21N3OS. The van der Waals surface area contributed by atoms with Crippen LogP contribution in [-0.4, -0.2) is 36.4 Å². The number of carbonyl (C=O) groups is 1. The maximum atomic E-state index is 12.3. The number of fused-ring (bicyclic) bond motifs is 1. The van der Waals surface area contributed by atoms with Crippen molar-refractivity contribution in [2.45, 2.75) is 12.5 Å². The molecular weight excluding hydrogens is 306 g/mol. The standard InChI is InChI=1S/C18H21N3OS/c1-21(2)16(17-8-5-9-23-17)12-20-18(22)10-13-11-19-15-7-4-3-6-14(13)15/h3-9,11,16,19H,10,12H2,1-2H3,(H,20,22)/t16-/m1/s1. The molecule has 2 aromatic heterocycles. The predicted octanol–water partition coefficient (Wildman–Crippen LogP) is 3.19. The zero-order valence-corrected chi connectivity index (χ0v) is 14.2. The first-order valence-electron chi connectivity index (χ1n) is 7.66. The first-order chi connectivity index (χ1) is 11.1. The number of nitrogens with one attached hydrogen (secondary N) is 2. The van der Waals surface area contributed by atoms with Gasteiger partial charge in [0.2, 0.25) is 5.91 Å². The number of amides is 1. The Labute approximate surface area is 140 Å². The summed E-state index contributed by atoms with van der Waals surface area (Å²) in [5.41, 5.74) is 2.11. The summed E-state index contributed by atoms with van der Waals surface area (Å²) >= 11 is 1.72. The van der Waals surface area contributed by atoms with Crippen molar-refractivity contribution in [1.29, 1.82) is 0 Å². The summed E-state index contributed by atoms with van der Waals surface area (Å²) in [7, 11) is 4.08. The number of para-hydroxylation sites is 1. The molecule has 1 aromatic carbocycles. The number of rotatable bonds is 6. The third-order valence-electron chi connectivity index (χ3n) is 4.01. The Morgan fingerprint density at radius 1 is 1.26 bits per heavy atom. The lowest BCUT2D eigenvalue weighted by atomic mass is 10.1. The molecule has 0 bridgehead atoms. The lowest BCUT2D eigenvalue weighted by molar-refractivity contribution is -0.120. The predicted molar refractivity (Wildman–Crippen MR) is 95.8 cm³/mol. The van der Waals surface area contributed by atoms with Crippen molar-refractivity contribution in [1.82, 2.24) is 15.2 Å². The van der Waals surface area contributed by atoms with Gasteiger partial charge in [-0.3, -0.25) is 4.79 Å². The topological polar surface area (TPSA) is 48.1 Å². The number of hydrogen-bond acceptors (Lipinski definition) is 3. The molecule has 0 spiro atoms. The van der Waals surface area contributed by atoms with Crippen molar-refractivity contribution in [2.24, 2.45) is 0 Å². The highest BCUT2D eigenvalue weighted by atomic mass is 32.1. The molecule has 0 saturated carbocycles. The minimum atomic E-state index is 0.0539. The van der Waals surface area contributed by atoms with E-state index in [1.807, 2.05) is 50.6 Å². The van der Waals surface area contributed by atoms with Gasteiger partial charge in [-0.05, 0) is 37.2 Å². The molecule has 0 aliphatic rings. The van der Waals surface area contributed by atoms with E-state index in [2.05, 4.69) is 26.6 Å². The first-order valence-corrected chi connectivity index (χ1v) is 8.54. The van der Waals surface area contributed by atoms with E-state index in [0.29, 0.717) is 13.0 Å². The molecule has 0 radical (unpaired) electrons. The van der Waals surface area contributed by atoms with Gasteiger partial charge in [0, 0.05) is 28.5 Å². The van der Waals surface area contributed by atoms with Crippen LogP contribution in [0.3, 0.4) is 0 Å². The number of H-pyrrole nitrogens is 1. The van der Waals surface area contributed by atoms with Gasteiger partial charge in [0.05, 0.1) is 12.5 Å². The van der Waals surface area contributed by atoms with Crippen LogP contribution in [0, 0.1) is 0 Å². The molecule has 2 N–H and O–H groups in total. The summed E-state index contributed by atoms with van der Waals surface area (Å²) in [6.07, 6.45) is 2.32. The zero-order valence-electron chi connectivity index (χ0n) is 13.4. The molecule has 23 heavy (non-hydrogen) atoms. The molecule has 1 amide bonds. The number of thiophene rings is 1. The lowest BCUT2D eigenvalue weighted by Crippen LogP contribution is -2.34. The highest BCUT2D eigenvalue weighted by Gasteiger charge is 2.16. The average Bonchev–Trinajstić information content (AvgIpc) is 3.18. The van der Waals surface area contributed by atoms with E-state index < -0.39 is 0 Å². The number of likely N-dealkylation sites (N-methyl/N-ethyl adjacent to an activating group) is 1. The van der Waals surface area contributed by atoms with Crippen LogP contribution in [0.25, 0.3) is 10.9 Å². The van der Waals surface area contributed by atoms with Crippen LogP contribution in [0.5, 0.6) is 0 Å². The molecule has 120 valence electrons. The van der Waals surface area contributed by atoms with Crippen LogP contribution in [-0.2, 0) is 11.2 Å². The highest BCUT2D eigenvalue weighted by molar-refractivity contribution is 7.10. The molecule has 3 rings (SSSR count). The minimum Gasteiger partial charge on any atom is -0.361 e. The van der Waals surface area contributed by atoms with Gasteiger partial charge in [0.1, 0.15) is 0 Å². The Kier molecular flexibility index (Phi) is 4.79. The fourth-order valence-corrected chi connectivity index (χ4v) is 3.67. The van der Waals surface area contributed by atoms with Crippen molar-refractivity contribution in [3.63, 3.8) is 0 Å². The third kappa shape index (κ3) is 3.63. The van der Waals surface area contributed by atoms with E-state index in [0.717, 1.165) is 16.5 Å². The number of aromatic nitrogens is 1. The molecule has 2 heterocycles. The van der Waals surface area contributed by atoms with Crippen LogP contribution in [0.4, 0.5) is 0 Å². The Morgan fingerprint density at radius 2 is 2.09 bits per heavy atom. The van der Waals surface area contributed by atoms with Gasteiger partial charge in [0.15, 0.2) is 0 Å². The summed E-state index contributed by atoms with van der Waals surface area (Å²) < 4.78 is 0. The summed E-state index contributed by atoms with van der Waals surface area (Å²) in [6.45, 7) is 0.620. The van der Waals surface area contributed by atoms with E-state index in [1.165, 1.54) is 4.88 Å². The molecule has 0 aliphatic carbocycles. The third-order valence-corrected chi connectivity index (χ3v) is 4.99. The van der Waals surface area contributed by atoms with Gasteiger partial charge < -0.3 is 15.2 Å². The van der Waals surface area contributed by atoms with E-state index in [4.69, 9.17) is 0 Å². The summed E-state index contributed by atoms with van der Waals surface area (Å²) in [5, 5.41) is 6.25. The van der Waals surface area contributed by atoms with Crippen molar-refractivity contribution in [3.05, 3.63) is 58.4 Å². The maximum Gasteiger partial charge on any atom is 0.224 e. The average molecular weight is 327 g/mol. The van der Waals surface area contributed by atoms with Gasteiger partial charge in [0.25, 0.3) is 0 Å². The van der Waals surface area contributed by atoms with Crippen molar-refractivity contribution >= 4 is 28.1 Å². The fourth-order valence-electron chi connectivity index (χ4n) is 2.74. The van der Waals surface area contributed by atoms with E-state index in [9.17, 15) is 4.79 Å². The van der Waals surface area contributed by atoms with Crippen molar-refractivity contribution in [2.75, 3.05) is 20.6 Å². The molecule has 5 heteroatoms. The van der Waals surface area contributed by atoms with E-state index >= 15 is 0 Å². The van der Waals surface area contributed by atoms with Gasteiger partial charge in [-0.2, -0.15) is 0 Å². The first kappa shape index (κ1) is 15.8. The van der Waals surface area contributed by atoms with Crippen LogP contribution in [0.15, 0.2) is 48.0 Å². The smallest absolute Gasteiger partial charge is 0.224 e. The number of nitrogens with zero attached hydrogens (tertiary/aromatic N) is 1. The minimum absolute atomic E-state index is 0.0539. The van der Waals surface area contributed by atoms with Crippen LogP contribution in [0.2, 0.25) is 0 Å². The number of carbonyl (C=O) groups excluding carboxylic acids is 1. The zero-order chi connectivity index (χ0) is 16.2. The molecule has 4 nitrogen and oxygen atoms in total. The fraction of sp³-hybridized carbons (Fsp3) is 0.278. The second kappa shape index (κ2) is 6.98. The van der Waals surface area contributed by atoms with Gasteiger partial charge in [-0.25, -0.2) is 0 Å². The summed E-state index contributed by atoms with van der Waals surface area (Å²) in [5.74, 6) is 0.0539. The number of hydrogen-bond donors (Lipinski definition) is 2. The largest absolute Gasteiger partial charge is 0.361 e. The number of aromatic amines is 1. The Morgan fingerprint density at radius 3 is 2.83 bits per heavy atom. The monoisotopic (exact) mass is 327 g/mol. The van der Waals surface area contributed by atoms with Gasteiger partial charge >= 0.3 is 0 Å². The lowest BCUT2D eigenvalue weighted by Gasteiger charge is -2.23. The quantitative estimate of drug-likeness (QED) is 0.730. The normalized spacial score (nSPS) is 12.7. The second-order valence-corrected chi connectivity index (χ2v) is 6.81. The van der Waals surface area contributed by atoms with Gasteiger partial charge in [-0.1, -0.05) is 24.3 Å². The Hall–Kier alpha value is -2.11. The second-order valence-electron chi connectivity index (χ2n) is 5.84. The van der Waals surface area contributed by atoms with Crippen LogP contribution in [0.1, 0.15) is 16.5 Å². The van der Waals surface area contributed by atoms with Crippen LogP contribution >= 0.6 is 11.3 Å². The maximum absolute atomic E-state index is 12.3. The van der Waals surface area contributed by atoms with Crippen LogP contribution < -0.4 is 5.32 Å². The highest BCUT2D eigenvalue weighted by Crippen LogP contribution is 2.22. The SMILES string of the molecule is CN(C)[C@H](CNC(=O)Cc1c[nH]c2ccccc12)c1cccs1. The molecule has 0 fully saturated rings. The molecule has 0 saturated heterocycles. The molecule has 3 aromatic rings. The Balaban J connectivity index is 1.63. The number of benzene rings is 1. The molecule has 1 atom stereocenters. The molecule has 0 aliphatic heterocycles. The summed E-state index contributed by atoms with van der Waals surface area (Å²) in [4.78, 5) is 18.9. The van der Waals surface area contributed by atoms with E-state index in [1.54, 1.807) is 11.3 Å². The summed E-state index contributed by atoms with van der Waals surface area (Å²) in [6, 6.07) is 12.4.